The molecule has 2 aromatic heterocycles. The van der Waals surface area contributed by atoms with E-state index >= 15 is 0 Å². The van der Waals surface area contributed by atoms with Crippen LogP contribution in [-0.4, -0.2) is 38.8 Å². The number of ether oxygens (including phenoxy) is 2. The molecule has 0 spiro atoms. The maximum atomic E-state index is 12.6. The molecule has 3 rings (SSSR count). The molecule has 28 heavy (non-hydrogen) atoms. The minimum Gasteiger partial charge on any atom is -0.497 e. The zero-order chi connectivity index (χ0) is 20.6. The molecule has 10 nitrogen and oxygen atoms in total. The number of benzene rings is 1. The van der Waals surface area contributed by atoms with Crippen LogP contribution >= 0.6 is 15.9 Å². The molecule has 2 heterocycles. The number of hydrogen-bond acceptors (Lipinski definition) is 6. The van der Waals surface area contributed by atoms with Gasteiger partial charge in [-0.2, -0.15) is 0 Å². The molecule has 0 aliphatic carbocycles. The molecular weight excluding hydrogens is 434 g/mol. The number of nitrogens with zero attached hydrogens (tertiary/aromatic N) is 4. The second-order valence-electron chi connectivity index (χ2n) is 5.96. The van der Waals surface area contributed by atoms with E-state index in [1.807, 2.05) is 0 Å². The van der Waals surface area contributed by atoms with Crippen molar-refractivity contribution in [2.24, 2.45) is 14.1 Å². The van der Waals surface area contributed by atoms with Crippen LogP contribution in [0.5, 0.6) is 11.5 Å². The highest BCUT2D eigenvalue weighted by Crippen LogP contribution is 2.29. The summed E-state index contributed by atoms with van der Waals surface area (Å²) >= 11 is 3.26. The molecule has 1 N–H and O–H groups in total. The zero-order valence-corrected chi connectivity index (χ0v) is 17.2. The summed E-state index contributed by atoms with van der Waals surface area (Å²) in [6, 6.07) is 4.99. The van der Waals surface area contributed by atoms with Crippen molar-refractivity contribution >= 4 is 38.7 Å². The first-order valence-corrected chi connectivity index (χ1v) is 8.91. The Morgan fingerprint density at radius 1 is 1.18 bits per heavy atom. The van der Waals surface area contributed by atoms with E-state index < -0.39 is 17.2 Å². The number of aromatic nitrogens is 4. The number of carbonyl (C=O) groups excluding carboxylic acids is 1. The van der Waals surface area contributed by atoms with Crippen molar-refractivity contribution in [1.29, 1.82) is 0 Å². The first kappa shape index (κ1) is 19.7. The third-order valence-corrected chi connectivity index (χ3v) is 4.88. The minimum absolute atomic E-state index is 0.0892. The first-order chi connectivity index (χ1) is 13.3. The van der Waals surface area contributed by atoms with E-state index in [4.69, 9.17) is 9.47 Å². The van der Waals surface area contributed by atoms with Gasteiger partial charge in [0.15, 0.2) is 15.9 Å². The Morgan fingerprint density at radius 3 is 2.54 bits per heavy atom. The number of hydrogen-bond donors (Lipinski definition) is 1. The summed E-state index contributed by atoms with van der Waals surface area (Å²) in [4.78, 5) is 41.3. The van der Waals surface area contributed by atoms with Crippen LogP contribution in [0.2, 0.25) is 0 Å². The van der Waals surface area contributed by atoms with E-state index in [-0.39, 0.29) is 22.4 Å². The second kappa shape index (κ2) is 7.50. The number of anilines is 1. The molecule has 148 valence electrons. The number of imidazole rings is 1. The van der Waals surface area contributed by atoms with Crippen LogP contribution in [0.1, 0.15) is 0 Å². The van der Waals surface area contributed by atoms with Gasteiger partial charge >= 0.3 is 5.69 Å². The number of halogens is 1. The molecule has 0 fully saturated rings. The van der Waals surface area contributed by atoms with Crippen LogP contribution in [0, 0.1) is 0 Å². The summed E-state index contributed by atoms with van der Waals surface area (Å²) < 4.78 is 14.4. The normalized spacial score (nSPS) is 10.9. The van der Waals surface area contributed by atoms with Crippen molar-refractivity contribution in [3.63, 3.8) is 0 Å². The Bertz CT molecular complexity index is 1190. The smallest absolute Gasteiger partial charge is 0.332 e. The summed E-state index contributed by atoms with van der Waals surface area (Å²) in [6.45, 7) is -0.174. The van der Waals surface area contributed by atoms with Gasteiger partial charge in [0.25, 0.3) is 5.56 Å². The maximum absolute atomic E-state index is 12.6. The van der Waals surface area contributed by atoms with Gasteiger partial charge in [-0.05, 0) is 28.1 Å². The molecule has 0 saturated heterocycles. The standard InChI is InChI=1S/C17H18BrN5O5/c1-21-14-13(15(25)22(2)17(21)26)20-16(18)23(14)8-12(24)19-10-6-5-9(27-3)7-11(10)28-4/h5-7H,8H2,1-4H3,(H,19,24). The summed E-state index contributed by atoms with van der Waals surface area (Å²) in [7, 11) is 5.90. The van der Waals surface area contributed by atoms with Gasteiger partial charge in [-0.25, -0.2) is 9.78 Å². The van der Waals surface area contributed by atoms with Crippen molar-refractivity contribution in [1.82, 2.24) is 18.7 Å². The number of amides is 1. The molecule has 0 aliphatic heterocycles. The Balaban J connectivity index is 1.98. The lowest BCUT2D eigenvalue weighted by atomic mass is 10.2. The number of nitrogens with one attached hydrogen (secondary N) is 1. The van der Waals surface area contributed by atoms with Gasteiger partial charge in [-0.1, -0.05) is 0 Å². The van der Waals surface area contributed by atoms with E-state index in [1.165, 1.54) is 37.4 Å². The van der Waals surface area contributed by atoms with Gasteiger partial charge in [0.05, 0.1) is 19.9 Å². The maximum Gasteiger partial charge on any atom is 0.332 e. The molecule has 0 bridgehead atoms. The van der Waals surface area contributed by atoms with Crippen LogP contribution in [0.15, 0.2) is 32.5 Å². The van der Waals surface area contributed by atoms with Crippen LogP contribution < -0.4 is 26.0 Å². The summed E-state index contributed by atoms with van der Waals surface area (Å²) in [5, 5.41) is 2.74. The van der Waals surface area contributed by atoms with E-state index in [9.17, 15) is 14.4 Å². The van der Waals surface area contributed by atoms with Crippen LogP contribution in [-0.2, 0) is 25.4 Å². The molecule has 11 heteroatoms. The van der Waals surface area contributed by atoms with Gasteiger partial charge in [-0.3, -0.25) is 23.3 Å². The predicted octanol–water partition coefficient (Wildman–Crippen LogP) is 0.852. The SMILES string of the molecule is COc1ccc(NC(=O)Cn2c(Br)nc3c(=O)n(C)c(=O)n(C)c32)c(OC)c1. The lowest BCUT2D eigenvalue weighted by molar-refractivity contribution is -0.116. The van der Waals surface area contributed by atoms with Crippen LogP contribution in [0.25, 0.3) is 11.2 Å². The van der Waals surface area contributed by atoms with E-state index in [1.54, 1.807) is 18.2 Å². The minimum atomic E-state index is -0.533. The Hall–Kier alpha value is -3.08. The summed E-state index contributed by atoms with van der Waals surface area (Å²) in [5.41, 5.74) is -0.250. The lowest BCUT2D eigenvalue weighted by Gasteiger charge is -2.13. The molecule has 1 amide bonds. The quantitative estimate of drug-likeness (QED) is 0.575. The van der Waals surface area contributed by atoms with E-state index in [0.29, 0.717) is 17.2 Å². The molecule has 0 aliphatic rings. The predicted molar refractivity (Wildman–Crippen MR) is 106 cm³/mol. The topological polar surface area (TPSA) is 109 Å². The number of aryl methyl sites for hydroxylation is 1. The van der Waals surface area contributed by atoms with Crippen molar-refractivity contribution in [3.8, 4) is 11.5 Å². The first-order valence-electron chi connectivity index (χ1n) is 8.12. The molecular formula is C17H18BrN5O5. The van der Waals surface area contributed by atoms with Gasteiger partial charge in [-0.15, -0.1) is 0 Å². The van der Waals surface area contributed by atoms with Gasteiger partial charge < -0.3 is 14.8 Å². The number of methoxy groups -OCH3 is 2. The van der Waals surface area contributed by atoms with Crippen LogP contribution in [0.4, 0.5) is 5.69 Å². The average molecular weight is 452 g/mol. The zero-order valence-electron chi connectivity index (χ0n) is 15.6. The van der Waals surface area contributed by atoms with Gasteiger partial charge in [0, 0.05) is 20.2 Å². The Morgan fingerprint density at radius 2 is 1.89 bits per heavy atom. The monoisotopic (exact) mass is 451 g/mol. The van der Waals surface area contributed by atoms with Gasteiger partial charge in [0.1, 0.15) is 18.0 Å². The largest absolute Gasteiger partial charge is 0.497 e. The second-order valence-corrected chi connectivity index (χ2v) is 6.67. The third-order valence-electron chi connectivity index (χ3n) is 4.28. The van der Waals surface area contributed by atoms with E-state index in [2.05, 4.69) is 26.2 Å². The molecule has 3 aromatic rings. The van der Waals surface area contributed by atoms with Crippen molar-refractivity contribution in [2.75, 3.05) is 19.5 Å². The third kappa shape index (κ3) is 3.28. The van der Waals surface area contributed by atoms with Crippen molar-refractivity contribution in [2.45, 2.75) is 6.54 Å². The van der Waals surface area contributed by atoms with Crippen LogP contribution in [0.3, 0.4) is 0 Å². The van der Waals surface area contributed by atoms with Gasteiger partial charge in [0.2, 0.25) is 5.91 Å². The summed E-state index contributed by atoms with van der Waals surface area (Å²) in [6.07, 6.45) is 0. The molecule has 1 aromatic carbocycles. The summed E-state index contributed by atoms with van der Waals surface area (Å²) in [5.74, 6) is 0.629. The van der Waals surface area contributed by atoms with E-state index in [0.717, 1.165) is 4.57 Å². The Kier molecular flexibility index (Phi) is 5.27. The fourth-order valence-corrected chi connectivity index (χ4v) is 3.31. The molecule has 0 atom stereocenters. The number of carbonyl (C=O) groups is 1. The number of rotatable bonds is 5. The van der Waals surface area contributed by atoms with Crippen molar-refractivity contribution in [3.05, 3.63) is 43.8 Å². The fraction of sp³-hybridized carbons (Fsp3) is 0.294. The average Bonchev–Trinajstić information content (AvgIpc) is 3.01. The lowest BCUT2D eigenvalue weighted by Crippen LogP contribution is -2.37. The molecule has 0 unspecified atom stereocenters. The number of fused-ring (bicyclic) bond motifs is 1. The molecule has 0 saturated carbocycles. The highest BCUT2D eigenvalue weighted by atomic mass is 79.9. The highest BCUT2D eigenvalue weighted by Gasteiger charge is 2.20. The molecule has 0 radical (unpaired) electrons. The Labute approximate surface area is 167 Å². The fourth-order valence-electron chi connectivity index (χ4n) is 2.84. The highest BCUT2D eigenvalue weighted by molar-refractivity contribution is 9.10. The van der Waals surface area contributed by atoms with Crippen molar-refractivity contribution < 1.29 is 14.3 Å².